The Morgan fingerprint density at radius 2 is 0.825 bits per heavy atom. The molecule has 0 radical (unpaired) electrons. The van der Waals surface area contributed by atoms with Crippen LogP contribution in [0.1, 0.15) is 11.1 Å². The van der Waals surface area contributed by atoms with Gasteiger partial charge in [0.15, 0.2) is 0 Å². The van der Waals surface area contributed by atoms with Crippen molar-refractivity contribution < 1.29 is 9.47 Å². The first kappa shape index (κ1) is 25.5. The fraction of sp³-hybridized carbons (Fsp3) is 0.105. The van der Waals surface area contributed by atoms with E-state index in [-0.39, 0.29) is 0 Å². The number of methoxy groups -OCH3 is 2. The summed E-state index contributed by atoms with van der Waals surface area (Å²) < 4.78 is 11.7. The monoisotopic (exact) mass is 520 g/mol. The molecule has 0 bridgehead atoms. The number of fused-ring (bicyclic) bond motifs is 1. The second-order valence-electron chi connectivity index (χ2n) is 10.2. The Kier molecular flexibility index (Phi) is 6.84. The third-order valence-corrected chi connectivity index (χ3v) is 7.75. The van der Waals surface area contributed by atoms with E-state index in [0.717, 1.165) is 33.8 Å². The van der Waals surface area contributed by atoms with Crippen LogP contribution in [0.5, 0.6) is 11.5 Å². The van der Waals surface area contributed by atoms with Crippen molar-refractivity contribution in [1.29, 1.82) is 0 Å². The zero-order valence-corrected chi connectivity index (χ0v) is 23.4. The summed E-state index contributed by atoms with van der Waals surface area (Å²) in [5, 5.41) is 2.45. The first-order valence-electron chi connectivity index (χ1n) is 13.6. The number of ether oxygens (including phenoxy) is 2. The van der Waals surface area contributed by atoms with Crippen LogP contribution in [0.4, 0.5) is 0 Å². The van der Waals surface area contributed by atoms with Gasteiger partial charge in [0.25, 0.3) is 0 Å². The molecule has 6 aromatic carbocycles. The summed E-state index contributed by atoms with van der Waals surface area (Å²) in [7, 11) is 3.49. The molecule has 0 spiro atoms. The molecule has 0 aliphatic heterocycles. The van der Waals surface area contributed by atoms with Crippen LogP contribution in [-0.2, 0) is 0 Å². The second-order valence-corrected chi connectivity index (χ2v) is 10.2. The summed E-state index contributed by atoms with van der Waals surface area (Å²) in [6.07, 6.45) is 0. The van der Waals surface area contributed by atoms with Crippen molar-refractivity contribution in [2.45, 2.75) is 13.8 Å². The van der Waals surface area contributed by atoms with Gasteiger partial charge in [-0.3, -0.25) is 0 Å². The normalized spacial score (nSPS) is 11.0. The van der Waals surface area contributed by atoms with Gasteiger partial charge < -0.3 is 9.47 Å². The Bertz CT molecular complexity index is 1690. The minimum absolute atomic E-state index is 0.881. The van der Waals surface area contributed by atoms with Crippen LogP contribution in [0, 0.1) is 13.8 Å². The number of rotatable bonds is 6. The number of aryl methyl sites for hydroxylation is 2. The van der Waals surface area contributed by atoms with Gasteiger partial charge in [0, 0.05) is 11.1 Å². The molecule has 196 valence electrons. The largest absolute Gasteiger partial charge is 0.496 e. The Morgan fingerprint density at radius 3 is 1.23 bits per heavy atom. The van der Waals surface area contributed by atoms with Gasteiger partial charge in [-0.15, -0.1) is 0 Å². The highest BCUT2D eigenvalue weighted by Crippen LogP contribution is 2.44. The second kappa shape index (κ2) is 10.7. The third kappa shape index (κ3) is 4.52. The lowest BCUT2D eigenvalue weighted by atomic mass is 9.86. The van der Waals surface area contributed by atoms with E-state index in [1.54, 1.807) is 14.2 Å². The maximum atomic E-state index is 5.83. The molecule has 0 atom stereocenters. The lowest BCUT2D eigenvalue weighted by Gasteiger charge is -2.19. The van der Waals surface area contributed by atoms with Crippen LogP contribution in [0.25, 0.3) is 55.3 Å². The zero-order chi connectivity index (χ0) is 27.6. The number of hydrogen-bond acceptors (Lipinski definition) is 2. The summed E-state index contributed by atoms with van der Waals surface area (Å²) in [6.45, 7) is 4.33. The summed E-state index contributed by atoms with van der Waals surface area (Å²) in [6, 6.07) is 43.0. The van der Waals surface area contributed by atoms with Gasteiger partial charge in [-0.2, -0.15) is 0 Å². The van der Waals surface area contributed by atoms with Crippen LogP contribution in [0.3, 0.4) is 0 Å². The molecular weight excluding hydrogens is 488 g/mol. The minimum Gasteiger partial charge on any atom is -0.496 e. The third-order valence-electron chi connectivity index (χ3n) is 7.75. The highest BCUT2D eigenvalue weighted by molar-refractivity contribution is 6.08. The quantitative estimate of drug-likeness (QED) is 0.217. The first-order chi connectivity index (χ1) is 19.6. The smallest absolute Gasteiger partial charge is 0.126 e. The van der Waals surface area contributed by atoms with Crippen molar-refractivity contribution in [3.63, 3.8) is 0 Å². The fourth-order valence-electron chi connectivity index (χ4n) is 5.76. The number of benzene rings is 6. The fourth-order valence-corrected chi connectivity index (χ4v) is 5.76. The lowest BCUT2D eigenvalue weighted by Crippen LogP contribution is -1.95. The standard InChI is InChI=1S/C38H32O2/c1-25-21-36(39-3)34(27-13-7-5-8-14-27)23-32(25)30-19-11-17-29-18-12-20-31(38(29)30)33-24-35(28-15-9-6-10-16-28)37(40-4)22-26(33)2/h5-24H,1-4H3. The molecule has 2 heteroatoms. The van der Waals surface area contributed by atoms with E-state index in [1.807, 2.05) is 12.1 Å². The molecule has 0 saturated carbocycles. The van der Waals surface area contributed by atoms with Crippen molar-refractivity contribution in [2.24, 2.45) is 0 Å². The van der Waals surface area contributed by atoms with Crippen molar-refractivity contribution in [2.75, 3.05) is 14.2 Å². The van der Waals surface area contributed by atoms with Crippen molar-refractivity contribution in [3.8, 4) is 56.0 Å². The van der Waals surface area contributed by atoms with Crippen LogP contribution in [-0.4, -0.2) is 14.2 Å². The van der Waals surface area contributed by atoms with E-state index in [1.165, 1.54) is 44.2 Å². The molecule has 6 rings (SSSR count). The Morgan fingerprint density at radius 1 is 0.400 bits per heavy atom. The number of hydrogen-bond donors (Lipinski definition) is 0. The Hall–Kier alpha value is -4.82. The summed E-state index contributed by atoms with van der Waals surface area (Å²) in [5.74, 6) is 1.76. The highest BCUT2D eigenvalue weighted by Gasteiger charge is 2.18. The van der Waals surface area contributed by atoms with Crippen LogP contribution in [0.2, 0.25) is 0 Å². The molecule has 40 heavy (non-hydrogen) atoms. The predicted octanol–water partition coefficient (Wildman–Crippen LogP) is 10.1. The average molecular weight is 521 g/mol. The molecule has 0 heterocycles. The van der Waals surface area contributed by atoms with Gasteiger partial charge in [0.2, 0.25) is 0 Å². The van der Waals surface area contributed by atoms with E-state index in [9.17, 15) is 0 Å². The van der Waals surface area contributed by atoms with Crippen LogP contribution < -0.4 is 9.47 Å². The SMILES string of the molecule is COc1cc(C)c(-c2cccc3cccc(-c4cc(-c5ccccc5)c(OC)cc4C)c23)cc1-c1ccccc1. The van der Waals surface area contributed by atoms with E-state index in [4.69, 9.17) is 9.47 Å². The molecule has 0 amide bonds. The van der Waals surface area contributed by atoms with E-state index in [2.05, 4.69) is 123 Å². The van der Waals surface area contributed by atoms with E-state index >= 15 is 0 Å². The average Bonchev–Trinajstić information content (AvgIpc) is 3.01. The van der Waals surface area contributed by atoms with Crippen LogP contribution in [0.15, 0.2) is 121 Å². The maximum Gasteiger partial charge on any atom is 0.126 e. The van der Waals surface area contributed by atoms with Crippen molar-refractivity contribution in [3.05, 3.63) is 132 Å². The molecule has 0 saturated heterocycles. The molecule has 0 N–H and O–H groups in total. The van der Waals surface area contributed by atoms with Crippen molar-refractivity contribution in [1.82, 2.24) is 0 Å². The molecule has 0 fully saturated rings. The van der Waals surface area contributed by atoms with Gasteiger partial charge in [-0.1, -0.05) is 97.1 Å². The topological polar surface area (TPSA) is 18.5 Å². The highest BCUT2D eigenvalue weighted by atomic mass is 16.5. The first-order valence-corrected chi connectivity index (χ1v) is 13.6. The van der Waals surface area contributed by atoms with E-state index in [0.29, 0.717) is 0 Å². The molecule has 2 nitrogen and oxygen atoms in total. The molecule has 0 aromatic heterocycles. The Labute approximate surface area is 236 Å². The molecular formula is C38H32O2. The summed E-state index contributed by atoms with van der Waals surface area (Å²) >= 11 is 0. The van der Waals surface area contributed by atoms with Gasteiger partial charge in [0.05, 0.1) is 14.2 Å². The molecule has 0 aliphatic rings. The molecule has 0 aliphatic carbocycles. The van der Waals surface area contributed by atoms with Crippen molar-refractivity contribution >= 4 is 10.8 Å². The van der Waals surface area contributed by atoms with Gasteiger partial charge in [-0.05, 0) is 93.4 Å². The van der Waals surface area contributed by atoms with E-state index < -0.39 is 0 Å². The maximum absolute atomic E-state index is 5.83. The predicted molar refractivity (Wildman–Crippen MR) is 168 cm³/mol. The molecule has 6 aromatic rings. The van der Waals surface area contributed by atoms with Gasteiger partial charge >= 0.3 is 0 Å². The summed E-state index contributed by atoms with van der Waals surface area (Å²) in [4.78, 5) is 0. The van der Waals surface area contributed by atoms with Gasteiger partial charge in [-0.25, -0.2) is 0 Å². The zero-order valence-electron chi connectivity index (χ0n) is 23.4. The lowest BCUT2D eigenvalue weighted by molar-refractivity contribution is 0.416. The minimum atomic E-state index is 0.881. The summed E-state index contributed by atoms with van der Waals surface area (Å²) in [5.41, 5.74) is 11.6. The van der Waals surface area contributed by atoms with Gasteiger partial charge in [0.1, 0.15) is 11.5 Å². The van der Waals surface area contributed by atoms with Crippen LogP contribution >= 0.6 is 0 Å². The molecule has 0 unspecified atom stereocenters. The Balaban J connectivity index is 1.63.